The first-order valence-corrected chi connectivity index (χ1v) is 7.20. The van der Waals surface area contributed by atoms with Gasteiger partial charge in [-0.2, -0.15) is 0 Å². The van der Waals surface area contributed by atoms with Gasteiger partial charge < -0.3 is 5.11 Å². The molecule has 0 aromatic carbocycles. The molecule has 1 N–H and O–H groups in total. The minimum absolute atomic E-state index is 0.355. The third kappa shape index (κ3) is 26.9. The summed E-state index contributed by atoms with van der Waals surface area (Å²) in [6.07, 6.45) is 3.33. The molecule has 56 valence electrons. The molecular formula is C5H12Cl2OTi. The normalized spacial score (nSPS) is 7.56. The van der Waals surface area contributed by atoms with Crippen molar-refractivity contribution >= 4 is 18.6 Å². The van der Waals surface area contributed by atoms with Crippen LogP contribution in [0.1, 0.15) is 26.2 Å². The van der Waals surface area contributed by atoms with Crippen molar-refractivity contribution in [3.63, 3.8) is 0 Å². The van der Waals surface area contributed by atoms with Gasteiger partial charge in [0, 0.05) is 6.61 Å². The monoisotopic (exact) mass is 206 g/mol. The van der Waals surface area contributed by atoms with Crippen LogP contribution in [0.2, 0.25) is 0 Å². The van der Waals surface area contributed by atoms with Crippen LogP contribution in [-0.2, 0) is 17.0 Å². The van der Waals surface area contributed by atoms with Crippen LogP contribution >= 0.6 is 18.6 Å². The van der Waals surface area contributed by atoms with Gasteiger partial charge in [0.05, 0.1) is 0 Å². The molecule has 0 aliphatic heterocycles. The zero-order valence-electron chi connectivity index (χ0n) is 5.53. The summed E-state index contributed by atoms with van der Waals surface area (Å²) in [7, 11) is 9.78. The minimum atomic E-state index is -0.556. The summed E-state index contributed by atoms with van der Waals surface area (Å²) >= 11 is -0.556. The van der Waals surface area contributed by atoms with Crippen LogP contribution in [0.15, 0.2) is 0 Å². The van der Waals surface area contributed by atoms with Gasteiger partial charge in [0.15, 0.2) is 0 Å². The zero-order valence-corrected chi connectivity index (χ0v) is 8.60. The average Bonchev–Trinajstić information content (AvgIpc) is 1.86. The summed E-state index contributed by atoms with van der Waals surface area (Å²) in [6, 6.07) is 0. The van der Waals surface area contributed by atoms with Crippen LogP contribution in [0.4, 0.5) is 0 Å². The molecule has 0 amide bonds. The van der Waals surface area contributed by atoms with Crippen molar-refractivity contribution < 1.29 is 22.1 Å². The van der Waals surface area contributed by atoms with E-state index in [1.165, 1.54) is 6.42 Å². The van der Waals surface area contributed by atoms with Crippen molar-refractivity contribution in [3.8, 4) is 0 Å². The summed E-state index contributed by atoms with van der Waals surface area (Å²) in [5, 5.41) is 8.20. The van der Waals surface area contributed by atoms with Crippen LogP contribution in [0.3, 0.4) is 0 Å². The Hall–Kier alpha value is 1.25. The van der Waals surface area contributed by atoms with E-state index in [1.807, 2.05) is 0 Å². The number of hydrogen-bond acceptors (Lipinski definition) is 1. The second-order valence-corrected chi connectivity index (χ2v) is 4.08. The van der Waals surface area contributed by atoms with Gasteiger partial charge in [0.2, 0.25) is 0 Å². The first-order valence-electron chi connectivity index (χ1n) is 2.90. The molecular weight excluding hydrogens is 195 g/mol. The fourth-order valence-corrected chi connectivity index (χ4v) is 0.362. The van der Waals surface area contributed by atoms with Crippen LogP contribution in [0.5, 0.6) is 0 Å². The van der Waals surface area contributed by atoms with Crippen molar-refractivity contribution in [3.05, 3.63) is 0 Å². The summed E-state index contributed by atoms with van der Waals surface area (Å²) in [5.41, 5.74) is 0. The Morgan fingerprint density at radius 2 is 1.78 bits per heavy atom. The van der Waals surface area contributed by atoms with Crippen molar-refractivity contribution in [2.24, 2.45) is 0 Å². The Labute approximate surface area is 73.4 Å². The van der Waals surface area contributed by atoms with E-state index >= 15 is 0 Å². The molecule has 0 aliphatic carbocycles. The number of aliphatic hydroxyl groups is 1. The van der Waals surface area contributed by atoms with E-state index in [0.29, 0.717) is 6.61 Å². The Kier molecular flexibility index (Phi) is 23.1. The predicted molar refractivity (Wildman–Crippen MR) is 38.3 cm³/mol. The van der Waals surface area contributed by atoms with Crippen LogP contribution in [-0.4, -0.2) is 11.7 Å². The second-order valence-electron chi connectivity index (χ2n) is 1.50. The number of aliphatic hydroxyl groups excluding tert-OH is 1. The fourth-order valence-electron chi connectivity index (χ4n) is 0.362. The van der Waals surface area contributed by atoms with Gasteiger partial charge in [0.25, 0.3) is 0 Å². The Morgan fingerprint density at radius 1 is 1.33 bits per heavy atom. The molecule has 1 nitrogen and oxygen atoms in total. The fraction of sp³-hybridized carbons (Fsp3) is 1.00. The molecule has 0 aromatic heterocycles. The molecule has 0 atom stereocenters. The number of hydrogen-bond donors (Lipinski definition) is 1. The number of rotatable bonds is 3. The molecule has 0 spiro atoms. The number of halogens is 2. The first kappa shape index (κ1) is 12.9. The van der Waals surface area contributed by atoms with Gasteiger partial charge in [-0.05, 0) is 6.42 Å². The van der Waals surface area contributed by atoms with Crippen molar-refractivity contribution in [1.29, 1.82) is 0 Å². The molecule has 9 heavy (non-hydrogen) atoms. The van der Waals surface area contributed by atoms with Crippen molar-refractivity contribution in [2.75, 3.05) is 6.61 Å². The van der Waals surface area contributed by atoms with E-state index in [1.54, 1.807) is 0 Å². The molecule has 0 unspecified atom stereocenters. The van der Waals surface area contributed by atoms with Gasteiger partial charge in [0.1, 0.15) is 0 Å². The Balaban J connectivity index is 0. The molecule has 4 heteroatoms. The Bertz CT molecular complexity index is 34.1. The average molecular weight is 207 g/mol. The summed E-state index contributed by atoms with van der Waals surface area (Å²) in [5.74, 6) is 0. The van der Waals surface area contributed by atoms with Crippen molar-refractivity contribution in [1.82, 2.24) is 0 Å². The molecule has 0 fully saturated rings. The summed E-state index contributed by atoms with van der Waals surface area (Å²) in [6.45, 7) is 2.48. The molecule has 0 saturated carbocycles. The van der Waals surface area contributed by atoms with Gasteiger partial charge in [-0.1, -0.05) is 19.8 Å². The van der Waals surface area contributed by atoms with E-state index in [9.17, 15) is 0 Å². The molecule has 0 aliphatic rings. The van der Waals surface area contributed by atoms with Crippen molar-refractivity contribution in [2.45, 2.75) is 26.2 Å². The predicted octanol–water partition coefficient (Wildman–Crippen LogP) is 2.55. The van der Waals surface area contributed by atoms with Gasteiger partial charge in [-0.25, -0.2) is 0 Å². The molecule has 0 aromatic rings. The van der Waals surface area contributed by atoms with E-state index in [2.05, 4.69) is 6.92 Å². The van der Waals surface area contributed by atoms with Crippen LogP contribution in [0, 0.1) is 0 Å². The standard InChI is InChI=1S/C5H12O.2ClH.Ti/c1-2-3-4-5-6;;;/h6H,2-5H2,1H3;2*1H;/q;;;+2/p-2. The maximum atomic E-state index is 8.20. The molecule has 0 radical (unpaired) electrons. The third-order valence-electron chi connectivity index (χ3n) is 0.762. The first-order chi connectivity index (χ1) is 4.33. The molecule has 0 heterocycles. The van der Waals surface area contributed by atoms with E-state index in [-0.39, 0.29) is 0 Å². The third-order valence-corrected chi connectivity index (χ3v) is 0.762. The second kappa shape index (κ2) is 16.1. The SMILES string of the molecule is CCCCCO.[Cl][Ti][Cl]. The maximum absolute atomic E-state index is 8.20. The zero-order chi connectivity index (χ0) is 7.54. The summed E-state index contributed by atoms with van der Waals surface area (Å²) in [4.78, 5) is 0. The van der Waals surface area contributed by atoms with Crippen LogP contribution in [0.25, 0.3) is 0 Å². The van der Waals surface area contributed by atoms with Gasteiger partial charge in [-0.15, -0.1) is 0 Å². The van der Waals surface area contributed by atoms with E-state index in [0.717, 1.165) is 12.8 Å². The molecule has 0 rings (SSSR count). The summed E-state index contributed by atoms with van der Waals surface area (Å²) < 4.78 is 0. The van der Waals surface area contributed by atoms with Gasteiger partial charge >= 0.3 is 35.6 Å². The molecule has 0 saturated heterocycles. The van der Waals surface area contributed by atoms with E-state index in [4.69, 9.17) is 23.7 Å². The molecule has 0 bridgehead atoms. The number of unbranched alkanes of at least 4 members (excludes halogenated alkanes) is 2. The van der Waals surface area contributed by atoms with Crippen LogP contribution < -0.4 is 0 Å². The van der Waals surface area contributed by atoms with E-state index < -0.39 is 17.0 Å². The topological polar surface area (TPSA) is 20.2 Å². The quantitative estimate of drug-likeness (QED) is 0.556. The Morgan fingerprint density at radius 3 is 1.89 bits per heavy atom. The van der Waals surface area contributed by atoms with Gasteiger partial charge in [-0.3, -0.25) is 0 Å².